The van der Waals surface area contributed by atoms with Gasteiger partial charge in [0.1, 0.15) is 0 Å². The first-order valence-electron chi connectivity index (χ1n) is 4.60. The molecule has 0 saturated carbocycles. The average Bonchev–Trinajstić information content (AvgIpc) is 2.01. The van der Waals surface area contributed by atoms with Gasteiger partial charge in [0.05, 0.1) is 10.5 Å². The first kappa shape index (κ1) is 14.6. The van der Waals surface area contributed by atoms with Gasteiger partial charge in [-0.1, -0.05) is 6.92 Å². The van der Waals surface area contributed by atoms with Crippen LogP contribution in [0.1, 0.15) is 27.7 Å². The summed E-state index contributed by atoms with van der Waals surface area (Å²) in [5, 5.41) is 0.326. The molecule has 0 fully saturated rings. The van der Waals surface area contributed by atoms with Crippen molar-refractivity contribution in [1.82, 2.24) is 0 Å². The molecule has 0 rings (SSSR count). The summed E-state index contributed by atoms with van der Waals surface area (Å²) in [4.78, 5) is 0. The van der Waals surface area contributed by atoms with E-state index in [4.69, 9.17) is 11.6 Å². The summed E-state index contributed by atoms with van der Waals surface area (Å²) < 4.78 is 22.7. The molecule has 1 unspecified atom stereocenters. The standard InChI is InChI=1S/C9H19ClO2S2/c1-8(7-10)13-5-6-14(11,12)9(2,3)4/h8H,5-7H2,1-4H3. The summed E-state index contributed by atoms with van der Waals surface area (Å²) >= 11 is 7.23. The molecule has 0 amide bonds. The molecule has 0 aromatic carbocycles. The van der Waals surface area contributed by atoms with Gasteiger partial charge in [-0.3, -0.25) is 0 Å². The second-order valence-electron chi connectivity index (χ2n) is 4.27. The van der Waals surface area contributed by atoms with Crippen LogP contribution >= 0.6 is 23.4 Å². The molecule has 0 aliphatic heterocycles. The van der Waals surface area contributed by atoms with E-state index in [1.54, 1.807) is 32.5 Å². The van der Waals surface area contributed by atoms with E-state index in [0.29, 0.717) is 16.9 Å². The maximum Gasteiger partial charge on any atom is 0.155 e. The van der Waals surface area contributed by atoms with E-state index < -0.39 is 14.6 Å². The van der Waals surface area contributed by atoms with Gasteiger partial charge in [-0.15, -0.1) is 11.6 Å². The number of alkyl halides is 1. The summed E-state index contributed by atoms with van der Waals surface area (Å²) in [5.41, 5.74) is 0. The summed E-state index contributed by atoms with van der Waals surface area (Å²) in [6, 6.07) is 0. The molecule has 0 spiro atoms. The minimum Gasteiger partial charge on any atom is -0.228 e. The predicted octanol–water partition coefficient (Wildman–Crippen LogP) is 2.56. The van der Waals surface area contributed by atoms with E-state index in [1.807, 2.05) is 6.92 Å². The number of hydrogen-bond acceptors (Lipinski definition) is 3. The van der Waals surface area contributed by atoms with Crippen LogP contribution in [0.4, 0.5) is 0 Å². The maximum absolute atomic E-state index is 11.7. The summed E-state index contributed by atoms with van der Waals surface area (Å²) in [5.74, 6) is 1.44. The molecule has 5 heteroatoms. The van der Waals surface area contributed by atoms with E-state index in [2.05, 4.69) is 0 Å². The van der Waals surface area contributed by atoms with Gasteiger partial charge >= 0.3 is 0 Å². The molecule has 0 heterocycles. The number of rotatable bonds is 5. The highest BCUT2D eigenvalue weighted by molar-refractivity contribution is 8.01. The van der Waals surface area contributed by atoms with Crippen LogP contribution < -0.4 is 0 Å². The Morgan fingerprint density at radius 1 is 1.36 bits per heavy atom. The molecule has 14 heavy (non-hydrogen) atoms. The second-order valence-corrected chi connectivity index (χ2v) is 8.98. The van der Waals surface area contributed by atoms with Crippen LogP contribution in [0.15, 0.2) is 0 Å². The monoisotopic (exact) mass is 258 g/mol. The van der Waals surface area contributed by atoms with Crippen LogP contribution in [-0.2, 0) is 9.84 Å². The molecule has 1 atom stereocenters. The van der Waals surface area contributed by atoms with Crippen molar-refractivity contribution in [3.8, 4) is 0 Å². The van der Waals surface area contributed by atoms with Gasteiger partial charge in [0.15, 0.2) is 9.84 Å². The first-order chi connectivity index (χ1) is 6.20. The number of hydrogen-bond donors (Lipinski definition) is 0. The fourth-order valence-electron chi connectivity index (χ4n) is 0.710. The zero-order valence-electron chi connectivity index (χ0n) is 9.21. The highest BCUT2D eigenvalue weighted by Crippen LogP contribution is 2.19. The van der Waals surface area contributed by atoms with E-state index in [-0.39, 0.29) is 5.75 Å². The van der Waals surface area contributed by atoms with E-state index in [9.17, 15) is 8.42 Å². The Labute approximate surface area is 96.7 Å². The van der Waals surface area contributed by atoms with Gasteiger partial charge in [0, 0.05) is 16.9 Å². The molecule has 0 saturated heterocycles. The van der Waals surface area contributed by atoms with Crippen molar-refractivity contribution in [2.75, 3.05) is 17.4 Å². The molecular formula is C9H19ClO2S2. The zero-order valence-corrected chi connectivity index (χ0v) is 11.6. The van der Waals surface area contributed by atoms with Gasteiger partial charge in [-0.05, 0) is 20.8 Å². The summed E-state index contributed by atoms with van der Waals surface area (Å²) in [7, 11) is -2.97. The molecular weight excluding hydrogens is 240 g/mol. The van der Waals surface area contributed by atoms with Crippen molar-refractivity contribution in [1.29, 1.82) is 0 Å². The number of thioether (sulfide) groups is 1. The van der Waals surface area contributed by atoms with E-state index in [1.165, 1.54) is 0 Å². The van der Waals surface area contributed by atoms with Crippen molar-refractivity contribution >= 4 is 33.2 Å². The third-order valence-corrected chi connectivity index (χ3v) is 6.59. The molecule has 0 aliphatic carbocycles. The average molecular weight is 259 g/mol. The van der Waals surface area contributed by atoms with Crippen LogP contribution in [0.2, 0.25) is 0 Å². The number of halogens is 1. The van der Waals surface area contributed by atoms with Gasteiger partial charge in [-0.2, -0.15) is 11.8 Å². The Bertz CT molecular complexity index is 254. The van der Waals surface area contributed by atoms with E-state index >= 15 is 0 Å². The Balaban J connectivity index is 4.03. The zero-order chi connectivity index (χ0) is 11.4. The Morgan fingerprint density at radius 3 is 2.21 bits per heavy atom. The normalized spacial score (nSPS) is 15.5. The Morgan fingerprint density at radius 2 is 1.86 bits per heavy atom. The molecule has 0 aromatic rings. The Hall–Kier alpha value is 0.590. The van der Waals surface area contributed by atoms with Crippen LogP contribution in [0.3, 0.4) is 0 Å². The third-order valence-electron chi connectivity index (χ3n) is 1.90. The van der Waals surface area contributed by atoms with E-state index in [0.717, 1.165) is 0 Å². The molecule has 0 N–H and O–H groups in total. The summed E-state index contributed by atoms with van der Waals surface area (Å²) in [6.07, 6.45) is 0. The quantitative estimate of drug-likeness (QED) is 0.711. The lowest BCUT2D eigenvalue weighted by atomic mass is 10.3. The van der Waals surface area contributed by atoms with Crippen molar-refractivity contribution < 1.29 is 8.42 Å². The number of sulfone groups is 1. The maximum atomic E-state index is 11.7. The molecule has 0 aliphatic rings. The smallest absolute Gasteiger partial charge is 0.155 e. The molecule has 2 nitrogen and oxygen atoms in total. The van der Waals surface area contributed by atoms with Crippen LogP contribution in [0.5, 0.6) is 0 Å². The van der Waals surface area contributed by atoms with Gasteiger partial charge in [0.25, 0.3) is 0 Å². The van der Waals surface area contributed by atoms with Crippen molar-refractivity contribution in [2.45, 2.75) is 37.7 Å². The van der Waals surface area contributed by atoms with Crippen molar-refractivity contribution in [2.24, 2.45) is 0 Å². The Kier molecular flexibility index (Phi) is 5.85. The van der Waals surface area contributed by atoms with Crippen molar-refractivity contribution in [3.63, 3.8) is 0 Å². The largest absolute Gasteiger partial charge is 0.228 e. The lowest BCUT2D eigenvalue weighted by molar-refractivity contribution is 0.562. The van der Waals surface area contributed by atoms with Gasteiger partial charge < -0.3 is 0 Å². The van der Waals surface area contributed by atoms with Crippen LogP contribution in [-0.4, -0.2) is 35.8 Å². The topological polar surface area (TPSA) is 34.1 Å². The lowest BCUT2D eigenvalue weighted by Gasteiger charge is -2.19. The lowest BCUT2D eigenvalue weighted by Crippen LogP contribution is -2.31. The van der Waals surface area contributed by atoms with Crippen LogP contribution in [0.25, 0.3) is 0 Å². The predicted molar refractivity (Wildman–Crippen MR) is 66.2 cm³/mol. The highest BCUT2D eigenvalue weighted by atomic mass is 35.5. The minimum atomic E-state index is -2.97. The van der Waals surface area contributed by atoms with Crippen LogP contribution in [0, 0.1) is 0 Å². The fourth-order valence-corrected chi connectivity index (χ4v) is 3.34. The fraction of sp³-hybridized carbons (Fsp3) is 1.00. The highest BCUT2D eigenvalue weighted by Gasteiger charge is 2.28. The second kappa shape index (κ2) is 5.61. The molecule has 0 radical (unpaired) electrons. The molecule has 86 valence electrons. The summed E-state index contributed by atoms with van der Waals surface area (Å²) in [6.45, 7) is 7.20. The molecule has 0 bridgehead atoms. The van der Waals surface area contributed by atoms with Gasteiger partial charge in [-0.25, -0.2) is 8.42 Å². The third kappa shape index (κ3) is 4.89. The van der Waals surface area contributed by atoms with Gasteiger partial charge in [0.2, 0.25) is 0 Å². The SMILES string of the molecule is CC(CCl)SCCS(=O)(=O)C(C)(C)C. The van der Waals surface area contributed by atoms with Crippen molar-refractivity contribution in [3.05, 3.63) is 0 Å². The molecule has 0 aromatic heterocycles. The first-order valence-corrected chi connectivity index (χ1v) is 7.84. The minimum absolute atomic E-state index is 0.238.